The molecule has 1 N–H and O–H groups in total. The van der Waals surface area contributed by atoms with Crippen LogP contribution in [0.25, 0.3) is 0 Å². The van der Waals surface area contributed by atoms with Crippen LogP contribution in [0.5, 0.6) is 0 Å². The third-order valence-electron chi connectivity index (χ3n) is 6.39. The fourth-order valence-electron chi connectivity index (χ4n) is 4.43. The van der Waals surface area contributed by atoms with Crippen LogP contribution in [-0.4, -0.2) is 50.5 Å². The van der Waals surface area contributed by atoms with E-state index in [-0.39, 0.29) is 24.8 Å². The van der Waals surface area contributed by atoms with Gasteiger partial charge >= 0.3 is 0 Å². The fraction of sp³-hybridized carbons (Fsp3) is 0.333. The molecule has 0 bridgehead atoms. The Morgan fingerprint density at radius 1 is 0.897 bits per heavy atom. The van der Waals surface area contributed by atoms with Crippen LogP contribution in [0.1, 0.15) is 43.4 Å². The van der Waals surface area contributed by atoms with Crippen LogP contribution < -0.4 is 9.62 Å². The van der Waals surface area contributed by atoms with Crippen molar-refractivity contribution in [1.29, 1.82) is 0 Å². The summed E-state index contributed by atoms with van der Waals surface area (Å²) in [7, 11) is -3.83. The minimum absolute atomic E-state index is 0.0342. The van der Waals surface area contributed by atoms with E-state index in [1.807, 2.05) is 63.2 Å². The van der Waals surface area contributed by atoms with Crippen molar-refractivity contribution in [3.05, 3.63) is 101 Å². The van der Waals surface area contributed by atoms with Gasteiger partial charge in [0.05, 0.1) is 11.9 Å². The number of carbonyl (C=O) groups excluding carboxylic acids is 2. The SMILES string of the molecule is CCNC(=O)[C@H](Cc1ccccc1)N(Cc1ccc(Cl)cc1)C(=O)CN(c1ccccc1C(C)C)S(C)(=O)=O. The van der Waals surface area contributed by atoms with E-state index in [0.717, 1.165) is 27.3 Å². The van der Waals surface area contributed by atoms with E-state index in [0.29, 0.717) is 17.3 Å². The summed E-state index contributed by atoms with van der Waals surface area (Å²) in [5.74, 6) is -0.759. The van der Waals surface area contributed by atoms with Crippen molar-refractivity contribution in [3.8, 4) is 0 Å². The Hall–Kier alpha value is -3.36. The van der Waals surface area contributed by atoms with Crippen LogP contribution in [0.4, 0.5) is 5.69 Å². The van der Waals surface area contributed by atoms with Gasteiger partial charge in [-0.25, -0.2) is 8.42 Å². The highest BCUT2D eigenvalue weighted by Gasteiger charge is 2.33. The third kappa shape index (κ3) is 8.31. The van der Waals surface area contributed by atoms with Crippen molar-refractivity contribution in [1.82, 2.24) is 10.2 Å². The minimum atomic E-state index is -3.83. The molecular weight excluding hydrogens is 534 g/mol. The van der Waals surface area contributed by atoms with Gasteiger partial charge in [-0.2, -0.15) is 0 Å². The maximum Gasteiger partial charge on any atom is 0.244 e. The summed E-state index contributed by atoms with van der Waals surface area (Å²) in [4.78, 5) is 28.9. The van der Waals surface area contributed by atoms with Crippen molar-refractivity contribution in [2.75, 3.05) is 23.7 Å². The summed E-state index contributed by atoms with van der Waals surface area (Å²) in [6, 6.07) is 22.8. The molecule has 0 spiro atoms. The highest BCUT2D eigenvalue weighted by molar-refractivity contribution is 7.92. The third-order valence-corrected chi connectivity index (χ3v) is 7.77. The monoisotopic (exact) mass is 569 g/mol. The molecule has 9 heteroatoms. The van der Waals surface area contributed by atoms with Gasteiger partial charge in [0.25, 0.3) is 0 Å². The Labute approximate surface area is 236 Å². The zero-order chi connectivity index (χ0) is 28.6. The van der Waals surface area contributed by atoms with Gasteiger partial charge in [-0.3, -0.25) is 13.9 Å². The zero-order valence-corrected chi connectivity index (χ0v) is 24.4. The summed E-state index contributed by atoms with van der Waals surface area (Å²) in [5.41, 5.74) is 2.91. The van der Waals surface area contributed by atoms with Gasteiger partial charge in [-0.15, -0.1) is 0 Å². The molecule has 0 saturated heterocycles. The Balaban J connectivity index is 2.07. The first-order valence-corrected chi connectivity index (χ1v) is 15.2. The quantitative estimate of drug-likeness (QED) is 0.332. The van der Waals surface area contributed by atoms with E-state index >= 15 is 0 Å². The molecule has 0 saturated carbocycles. The van der Waals surface area contributed by atoms with Gasteiger partial charge in [-0.05, 0) is 47.7 Å². The molecule has 39 heavy (non-hydrogen) atoms. The van der Waals surface area contributed by atoms with Crippen LogP contribution in [0.2, 0.25) is 5.02 Å². The molecule has 1 atom stereocenters. The molecule has 208 valence electrons. The van der Waals surface area contributed by atoms with Gasteiger partial charge in [-0.1, -0.05) is 86.1 Å². The van der Waals surface area contributed by atoms with Crippen molar-refractivity contribution in [2.45, 2.75) is 45.7 Å². The second-order valence-electron chi connectivity index (χ2n) is 9.73. The summed E-state index contributed by atoms with van der Waals surface area (Å²) in [5, 5.41) is 3.40. The van der Waals surface area contributed by atoms with Gasteiger partial charge in [0, 0.05) is 24.5 Å². The molecule has 0 unspecified atom stereocenters. The molecule has 2 amide bonds. The Morgan fingerprint density at radius 3 is 2.10 bits per heavy atom. The first kappa shape index (κ1) is 30.2. The normalized spacial score (nSPS) is 12.2. The predicted octanol–water partition coefficient (Wildman–Crippen LogP) is 5.01. The second kappa shape index (κ2) is 13.6. The van der Waals surface area contributed by atoms with Crippen LogP contribution in [0.3, 0.4) is 0 Å². The Kier molecular flexibility index (Phi) is 10.5. The van der Waals surface area contributed by atoms with E-state index in [1.165, 1.54) is 4.90 Å². The number of benzene rings is 3. The molecule has 0 heterocycles. The molecule has 0 aromatic heterocycles. The topological polar surface area (TPSA) is 86.8 Å². The number of nitrogens with one attached hydrogen (secondary N) is 1. The zero-order valence-electron chi connectivity index (χ0n) is 22.8. The smallest absolute Gasteiger partial charge is 0.244 e. The summed E-state index contributed by atoms with van der Waals surface area (Å²) in [6.45, 7) is 5.81. The lowest BCUT2D eigenvalue weighted by molar-refractivity contribution is -0.140. The van der Waals surface area contributed by atoms with Crippen LogP contribution in [0.15, 0.2) is 78.9 Å². The minimum Gasteiger partial charge on any atom is -0.355 e. The fourth-order valence-corrected chi connectivity index (χ4v) is 5.42. The van der Waals surface area contributed by atoms with Gasteiger partial charge in [0.1, 0.15) is 12.6 Å². The summed E-state index contributed by atoms with van der Waals surface area (Å²) < 4.78 is 27.2. The number of hydrogen-bond donors (Lipinski definition) is 1. The lowest BCUT2D eigenvalue weighted by Crippen LogP contribution is -2.53. The van der Waals surface area contributed by atoms with E-state index in [1.54, 1.807) is 36.4 Å². The molecule has 0 fully saturated rings. The largest absolute Gasteiger partial charge is 0.355 e. The standard InChI is InChI=1S/C30H36ClN3O4S/c1-5-32-30(36)28(19-23-11-7-6-8-12-23)33(20-24-15-17-25(31)18-16-24)29(35)21-34(39(4,37)38)27-14-10-9-13-26(27)22(2)3/h6-18,22,28H,5,19-21H2,1-4H3,(H,32,36)/t28-/m0/s1. The van der Waals surface area contributed by atoms with Crippen LogP contribution >= 0.6 is 11.6 Å². The van der Waals surface area contributed by atoms with E-state index in [4.69, 9.17) is 11.6 Å². The molecule has 0 radical (unpaired) electrons. The number of hydrogen-bond acceptors (Lipinski definition) is 4. The Morgan fingerprint density at radius 2 is 1.51 bits per heavy atom. The molecule has 0 aliphatic carbocycles. The number of para-hydroxylation sites is 1. The Bertz CT molecular complexity index is 1360. The maximum absolute atomic E-state index is 14.1. The van der Waals surface area contributed by atoms with Gasteiger partial charge < -0.3 is 10.2 Å². The van der Waals surface area contributed by atoms with E-state index in [2.05, 4.69) is 5.32 Å². The second-order valence-corrected chi connectivity index (χ2v) is 12.1. The van der Waals surface area contributed by atoms with Crippen molar-refractivity contribution >= 4 is 39.1 Å². The number of anilines is 1. The molecule has 7 nitrogen and oxygen atoms in total. The highest BCUT2D eigenvalue weighted by Crippen LogP contribution is 2.29. The number of rotatable bonds is 12. The van der Waals surface area contributed by atoms with Crippen molar-refractivity contribution in [2.24, 2.45) is 0 Å². The lowest BCUT2D eigenvalue weighted by Gasteiger charge is -2.34. The average Bonchev–Trinajstić information content (AvgIpc) is 2.90. The lowest BCUT2D eigenvalue weighted by atomic mass is 10.0. The van der Waals surface area contributed by atoms with E-state index < -0.39 is 28.5 Å². The average molecular weight is 570 g/mol. The van der Waals surface area contributed by atoms with Gasteiger partial charge in [0.15, 0.2) is 0 Å². The molecule has 0 aliphatic heterocycles. The first-order valence-electron chi connectivity index (χ1n) is 12.9. The van der Waals surface area contributed by atoms with Crippen molar-refractivity contribution in [3.63, 3.8) is 0 Å². The van der Waals surface area contributed by atoms with E-state index in [9.17, 15) is 18.0 Å². The number of likely N-dealkylation sites (N-methyl/N-ethyl adjacent to an activating group) is 1. The number of halogens is 1. The number of carbonyl (C=O) groups is 2. The maximum atomic E-state index is 14.1. The number of sulfonamides is 1. The molecular formula is C30H36ClN3O4S. The summed E-state index contributed by atoms with van der Waals surface area (Å²) >= 11 is 6.08. The van der Waals surface area contributed by atoms with Gasteiger partial charge in [0.2, 0.25) is 21.8 Å². The predicted molar refractivity (Wildman–Crippen MR) is 157 cm³/mol. The first-order chi connectivity index (χ1) is 18.5. The van der Waals surface area contributed by atoms with Crippen LogP contribution in [-0.2, 0) is 32.6 Å². The molecule has 3 aromatic carbocycles. The highest BCUT2D eigenvalue weighted by atomic mass is 35.5. The number of nitrogens with zero attached hydrogens (tertiary/aromatic N) is 2. The number of amides is 2. The molecule has 0 aliphatic rings. The molecule has 3 rings (SSSR count). The van der Waals surface area contributed by atoms with Crippen LogP contribution in [0, 0.1) is 0 Å². The summed E-state index contributed by atoms with van der Waals surface area (Å²) in [6.07, 6.45) is 1.36. The molecule has 3 aromatic rings. The van der Waals surface area contributed by atoms with Crippen molar-refractivity contribution < 1.29 is 18.0 Å².